The van der Waals surface area contributed by atoms with Gasteiger partial charge in [-0.15, -0.1) is 0 Å². The number of carbonyl (C=O) groups excluding carboxylic acids is 1. The average Bonchev–Trinajstić information content (AvgIpc) is 2.47. The van der Waals surface area contributed by atoms with Gasteiger partial charge in [0, 0.05) is 23.8 Å². The van der Waals surface area contributed by atoms with Gasteiger partial charge in [-0.1, -0.05) is 12.1 Å². The van der Waals surface area contributed by atoms with Crippen LogP contribution in [-0.2, 0) is 6.54 Å². The fourth-order valence-electron chi connectivity index (χ4n) is 2.04. The van der Waals surface area contributed by atoms with Gasteiger partial charge in [0.2, 0.25) is 0 Å². The van der Waals surface area contributed by atoms with Gasteiger partial charge in [0.25, 0.3) is 5.91 Å². The molecule has 0 bridgehead atoms. The van der Waals surface area contributed by atoms with Gasteiger partial charge in [-0.3, -0.25) is 4.79 Å². The van der Waals surface area contributed by atoms with Crippen LogP contribution >= 0.6 is 15.9 Å². The van der Waals surface area contributed by atoms with Crippen LogP contribution in [0.5, 0.6) is 5.75 Å². The van der Waals surface area contributed by atoms with E-state index in [2.05, 4.69) is 15.9 Å². The fraction of sp³-hybridized carbons (Fsp3) is 0.188. The summed E-state index contributed by atoms with van der Waals surface area (Å²) in [6.45, 7) is 0.494. The largest absolute Gasteiger partial charge is 0.497 e. The van der Waals surface area contributed by atoms with Crippen molar-refractivity contribution in [3.63, 3.8) is 0 Å². The highest BCUT2D eigenvalue weighted by Gasteiger charge is 2.16. The van der Waals surface area contributed by atoms with Crippen LogP contribution in [0.15, 0.2) is 46.9 Å². The molecule has 2 aromatic carbocycles. The highest BCUT2D eigenvalue weighted by molar-refractivity contribution is 9.10. The van der Waals surface area contributed by atoms with Crippen molar-refractivity contribution in [3.8, 4) is 5.75 Å². The summed E-state index contributed by atoms with van der Waals surface area (Å²) in [7, 11) is 3.34. The standard InChI is InChI=1S/C16H17BrN2O2/c1-19(10-11-4-3-5-12(18)8-11)16(20)14-9-13(21-2)6-7-15(14)17/h3-9H,10,18H2,1-2H3. The maximum absolute atomic E-state index is 12.5. The fourth-order valence-corrected chi connectivity index (χ4v) is 2.45. The van der Waals surface area contributed by atoms with E-state index < -0.39 is 0 Å². The summed E-state index contributed by atoms with van der Waals surface area (Å²) in [6.07, 6.45) is 0. The van der Waals surface area contributed by atoms with Crippen molar-refractivity contribution in [3.05, 3.63) is 58.1 Å². The predicted octanol–water partition coefficient (Wildman–Crippen LogP) is 3.31. The summed E-state index contributed by atoms with van der Waals surface area (Å²) in [4.78, 5) is 14.2. The third kappa shape index (κ3) is 3.76. The Balaban J connectivity index is 2.19. The molecule has 0 saturated carbocycles. The molecule has 2 N–H and O–H groups in total. The van der Waals surface area contributed by atoms with E-state index in [1.165, 1.54) is 0 Å². The second kappa shape index (κ2) is 6.63. The van der Waals surface area contributed by atoms with E-state index in [4.69, 9.17) is 10.5 Å². The third-order valence-corrected chi connectivity index (χ3v) is 3.81. The number of hydrogen-bond acceptors (Lipinski definition) is 3. The summed E-state index contributed by atoms with van der Waals surface area (Å²) in [5.74, 6) is 0.571. The maximum atomic E-state index is 12.5. The molecule has 5 heteroatoms. The molecular weight excluding hydrogens is 332 g/mol. The molecule has 0 heterocycles. The Morgan fingerprint density at radius 1 is 1.29 bits per heavy atom. The molecule has 110 valence electrons. The molecule has 0 aliphatic heterocycles. The molecule has 0 aromatic heterocycles. The molecule has 2 aromatic rings. The summed E-state index contributed by atoms with van der Waals surface area (Å²) >= 11 is 3.40. The summed E-state index contributed by atoms with van der Waals surface area (Å²) in [5, 5.41) is 0. The van der Waals surface area contributed by atoms with Crippen LogP contribution in [0.25, 0.3) is 0 Å². The van der Waals surface area contributed by atoms with E-state index in [0.29, 0.717) is 23.5 Å². The van der Waals surface area contributed by atoms with Crippen molar-refractivity contribution in [2.75, 3.05) is 19.9 Å². The van der Waals surface area contributed by atoms with E-state index in [9.17, 15) is 4.79 Å². The molecule has 0 radical (unpaired) electrons. The second-order valence-corrected chi connectivity index (χ2v) is 5.61. The molecule has 0 atom stereocenters. The van der Waals surface area contributed by atoms with Crippen molar-refractivity contribution < 1.29 is 9.53 Å². The Labute approximate surface area is 132 Å². The van der Waals surface area contributed by atoms with E-state index in [-0.39, 0.29) is 5.91 Å². The van der Waals surface area contributed by atoms with Crippen LogP contribution in [0.3, 0.4) is 0 Å². The van der Waals surface area contributed by atoms with E-state index in [1.54, 1.807) is 37.3 Å². The SMILES string of the molecule is COc1ccc(Br)c(C(=O)N(C)Cc2cccc(N)c2)c1. The van der Waals surface area contributed by atoms with Crippen LogP contribution < -0.4 is 10.5 Å². The molecule has 21 heavy (non-hydrogen) atoms. The Bertz CT molecular complexity index is 658. The lowest BCUT2D eigenvalue weighted by atomic mass is 10.1. The summed E-state index contributed by atoms with van der Waals surface area (Å²) < 4.78 is 5.91. The van der Waals surface area contributed by atoms with Gasteiger partial charge in [-0.25, -0.2) is 0 Å². The van der Waals surface area contributed by atoms with Crippen molar-refractivity contribution >= 4 is 27.5 Å². The summed E-state index contributed by atoms with van der Waals surface area (Å²) in [5.41, 5.74) is 8.01. The van der Waals surface area contributed by atoms with Gasteiger partial charge in [-0.2, -0.15) is 0 Å². The van der Waals surface area contributed by atoms with Gasteiger partial charge in [0.1, 0.15) is 5.75 Å². The highest BCUT2D eigenvalue weighted by Crippen LogP contribution is 2.24. The van der Waals surface area contributed by atoms with Crippen molar-refractivity contribution in [2.24, 2.45) is 0 Å². The molecule has 4 nitrogen and oxygen atoms in total. The van der Waals surface area contributed by atoms with Crippen LogP contribution in [0.4, 0.5) is 5.69 Å². The minimum absolute atomic E-state index is 0.0804. The first-order chi connectivity index (χ1) is 10.0. The Hall–Kier alpha value is -2.01. The molecular formula is C16H17BrN2O2. The number of amides is 1. The minimum Gasteiger partial charge on any atom is -0.497 e. The smallest absolute Gasteiger partial charge is 0.255 e. The molecule has 0 unspecified atom stereocenters. The van der Waals surface area contributed by atoms with Crippen LogP contribution in [0.1, 0.15) is 15.9 Å². The first-order valence-electron chi connectivity index (χ1n) is 6.44. The predicted molar refractivity (Wildman–Crippen MR) is 87.3 cm³/mol. The molecule has 0 saturated heterocycles. The number of nitrogens with zero attached hydrogens (tertiary/aromatic N) is 1. The second-order valence-electron chi connectivity index (χ2n) is 4.75. The Morgan fingerprint density at radius 2 is 2.05 bits per heavy atom. The summed E-state index contributed by atoms with van der Waals surface area (Å²) in [6, 6.07) is 12.8. The zero-order valence-corrected chi connectivity index (χ0v) is 13.6. The van der Waals surface area contributed by atoms with Crippen LogP contribution in [0, 0.1) is 0 Å². The topological polar surface area (TPSA) is 55.6 Å². The zero-order chi connectivity index (χ0) is 15.4. The lowest BCUT2D eigenvalue weighted by Crippen LogP contribution is -2.26. The quantitative estimate of drug-likeness (QED) is 0.862. The Morgan fingerprint density at radius 3 is 2.71 bits per heavy atom. The first kappa shape index (κ1) is 15.4. The molecule has 0 aliphatic rings. The number of anilines is 1. The van der Waals surface area contributed by atoms with Crippen molar-refractivity contribution in [1.82, 2.24) is 4.90 Å². The molecule has 1 amide bonds. The van der Waals surface area contributed by atoms with Crippen LogP contribution in [-0.4, -0.2) is 25.0 Å². The number of carbonyl (C=O) groups is 1. The average molecular weight is 349 g/mol. The van der Waals surface area contributed by atoms with E-state index in [1.807, 2.05) is 24.3 Å². The monoisotopic (exact) mass is 348 g/mol. The third-order valence-electron chi connectivity index (χ3n) is 3.12. The number of halogens is 1. The number of rotatable bonds is 4. The lowest BCUT2D eigenvalue weighted by Gasteiger charge is -2.18. The minimum atomic E-state index is -0.0804. The van der Waals surface area contributed by atoms with Gasteiger partial charge < -0.3 is 15.4 Å². The zero-order valence-electron chi connectivity index (χ0n) is 12.0. The van der Waals surface area contributed by atoms with E-state index in [0.717, 1.165) is 10.0 Å². The maximum Gasteiger partial charge on any atom is 0.255 e. The number of hydrogen-bond donors (Lipinski definition) is 1. The molecule has 2 rings (SSSR count). The van der Waals surface area contributed by atoms with Crippen molar-refractivity contribution in [2.45, 2.75) is 6.54 Å². The number of ether oxygens (including phenoxy) is 1. The van der Waals surface area contributed by atoms with Gasteiger partial charge in [0.05, 0.1) is 12.7 Å². The van der Waals surface area contributed by atoms with Gasteiger partial charge in [-0.05, 0) is 51.8 Å². The normalized spacial score (nSPS) is 10.2. The van der Waals surface area contributed by atoms with Gasteiger partial charge in [0.15, 0.2) is 0 Å². The number of nitrogens with two attached hydrogens (primary N) is 1. The highest BCUT2D eigenvalue weighted by atomic mass is 79.9. The molecule has 0 fully saturated rings. The lowest BCUT2D eigenvalue weighted by molar-refractivity contribution is 0.0784. The van der Waals surface area contributed by atoms with Crippen molar-refractivity contribution in [1.29, 1.82) is 0 Å². The number of benzene rings is 2. The van der Waals surface area contributed by atoms with Crippen LogP contribution in [0.2, 0.25) is 0 Å². The molecule has 0 spiro atoms. The number of methoxy groups -OCH3 is 1. The number of nitrogen functional groups attached to an aromatic ring is 1. The van der Waals surface area contributed by atoms with E-state index >= 15 is 0 Å². The molecule has 0 aliphatic carbocycles. The van der Waals surface area contributed by atoms with Gasteiger partial charge >= 0.3 is 0 Å². The Kier molecular flexibility index (Phi) is 4.85. The first-order valence-corrected chi connectivity index (χ1v) is 7.24.